The molecule has 4 heteroatoms. The molecule has 0 saturated heterocycles. The van der Waals surface area contributed by atoms with E-state index < -0.39 is 11.6 Å². The number of hydrogen-bond acceptors (Lipinski definition) is 3. The van der Waals surface area contributed by atoms with Gasteiger partial charge in [-0.15, -0.1) is 0 Å². The summed E-state index contributed by atoms with van der Waals surface area (Å²) in [6, 6.07) is 7.87. The van der Waals surface area contributed by atoms with Gasteiger partial charge in [0.25, 0.3) is 5.91 Å². The highest BCUT2D eigenvalue weighted by molar-refractivity contribution is 5.81. The van der Waals surface area contributed by atoms with E-state index in [4.69, 9.17) is 10.5 Å². The number of carbonyl (C=O) groups is 1. The number of benzene rings is 1. The van der Waals surface area contributed by atoms with E-state index in [1.165, 1.54) is 5.56 Å². The highest BCUT2D eigenvalue weighted by atomic mass is 16.5. The molecule has 0 aliphatic carbocycles. The van der Waals surface area contributed by atoms with Crippen molar-refractivity contribution in [2.45, 2.75) is 59.1 Å². The molecule has 0 aromatic heterocycles. The molecule has 0 aliphatic heterocycles. The average molecular weight is 306 g/mol. The van der Waals surface area contributed by atoms with Crippen LogP contribution in [0.5, 0.6) is 5.75 Å². The van der Waals surface area contributed by atoms with E-state index in [0.717, 1.165) is 0 Å². The highest BCUT2D eigenvalue weighted by Gasteiger charge is 2.30. The van der Waals surface area contributed by atoms with Gasteiger partial charge >= 0.3 is 0 Å². The van der Waals surface area contributed by atoms with Crippen LogP contribution in [0.3, 0.4) is 0 Å². The van der Waals surface area contributed by atoms with Gasteiger partial charge < -0.3 is 15.8 Å². The third-order valence-electron chi connectivity index (χ3n) is 4.31. The van der Waals surface area contributed by atoms with Crippen LogP contribution in [-0.2, 0) is 4.79 Å². The molecule has 3 N–H and O–H groups in total. The number of carbonyl (C=O) groups excluding carboxylic acids is 1. The number of amides is 1. The summed E-state index contributed by atoms with van der Waals surface area (Å²) in [4.78, 5) is 12.4. The summed E-state index contributed by atoms with van der Waals surface area (Å²) < 4.78 is 5.78. The Kier molecular flexibility index (Phi) is 6.42. The predicted molar refractivity (Wildman–Crippen MR) is 91.1 cm³/mol. The second-order valence-corrected chi connectivity index (χ2v) is 6.75. The van der Waals surface area contributed by atoms with E-state index in [1.807, 2.05) is 39.0 Å². The lowest BCUT2D eigenvalue weighted by Gasteiger charge is -2.34. The topological polar surface area (TPSA) is 64.3 Å². The van der Waals surface area contributed by atoms with Gasteiger partial charge in [-0.3, -0.25) is 4.79 Å². The smallest absolute Gasteiger partial charge is 0.261 e. The highest BCUT2D eigenvalue weighted by Crippen LogP contribution is 2.21. The molecule has 0 fully saturated rings. The van der Waals surface area contributed by atoms with E-state index in [0.29, 0.717) is 18.2 Å². The minimum Gasteiger partial charge on any atom is -0.481 e. The van der Waals surface area contributed by atoms with Gasteiger partial charge in [0.05, 0.1) is 5.54 Å². The molecule has 2 atom stereocenters. The van der Waals surface area contributed by atoms with Crippen LogP contribution in [0.2, 0.25) is 0 Å². The van der Waals surface area contributed by atoms with Gasteiger partial charge in [-0.05, 0) is 43.4 Å². The van der Waals surface area contributed by atoms with Crippen LogP contribution in [0.25, 0.3) is 0 Å². The van der Waals surface area contributed by atoms with Crippen molar-refractivity contribution in [3.63, 3.8) is 0 Å². The SMILES string of the molecule is CC(Oc1cccc(C(C)C)c1)C(=O)NC(C)(CN)C(C)C. The first-order valence-corrected chi connectivity index (χ1v) is 7.98. The maximum absolute atomic E-state index is 12.4. The minimum absolute atomic E-state index is 0.142. The third-order valence-corrected chi connectivity index (χ3v) is 4.31. The predicted octanol–water partition coefficient (Wildman–Crippen LogP) is 3.07. The molecule has 0 heterocycles. The molecular formula is C18H30N2O2. The molecule has 1 aromatic rings. The Hall–Kier alpha value is -1.55. The standard InChI is InChI=1S/C18H30N2O2/c1-12(2)15-8-7-9-16(10-15)22-14(5)17(21)20-18(6,11-19)13(3)4/h7-10,12-14H,11,19H2,1-6H3,(H,20,21). The molecule has 0 radical (unpaired) electrons. The molecule has 0 spiro atoms. The van der Waals surface area contributed by atoms with Crippen LogP contribution in [0.1, 0.15) is 53.0 Å². The number of rotatable bonds is 7. The second-order valence-electron chi connectivity index (χ2n) is 6.75. The first kappa shape index (κ1) is 18.5. The van der Waals surface area contributed by atoms with Gasteiger partial charge in [-0.25, -0.2) is 0 Å². The Morgan fingerprint density at radius 3 is 2.41 bits per heavy atom. The first-order chi connectivity index (χ1) is 10.2. The van der Waals surface area contributed by atoms with Gasteiger partial charge in [0.1, 0.15) is 5.75 Å². The normalized spacial score (nSPS) is 15.5. The van der Waals surface area contributed by atoms with Gasteiger partial charge in [-0.2, -0.15) is 0 Å². The van der Waals surface area contributed by atoms with Crippen LogP contribution in [-0.4, -0.2) is 24.1 Å². The Morgan fingerprint density at radius 1 is 1.27 bits per heavy atom. The van der Waals surface area contributed by atoms with E-state index >= 15 is 0 Å². The molecule has 0 bridgehead atoms. The second kappa shape index (κ2) is 7.63. The molecule has 2 unspecified atom stereocenters. The fraction of sp³-hybridized carbons (Fsp3) is 0.611. The van der Waals surface area contributed by atoms with Crippen LogP contribution in [0.4, 0.5) is 0 Å². The van der Waals surface area contributed by atoms with Crippen molar-refractivity contribution < 1.29 is 9.53 Å². The van der Waals surface area contributed by atoms with Crippen molar-refractivity contribution in [2.24, 2.45) is 11.7 Å². The van der Waals surface area contributed by atoms with Crippen LogP contribution in [0, 0.1) is 5.92 Å². The van der Waals surface area contributed by atoms with Crippen LogP contribution < -0.4 is 15.8 Å². The zero-order valence-corrected chi connectivity index (χ0v) is 14.6. The zero-order valence-electron chi connectivity index (χ0n) is 14.6. The summed E-state index contributed by atoms with van der Waals surface area (Å²) in [5.74, 6) is 1.25. The van der Waals surface area contributed by atoms with E-state index in [1.54, 1.807) is 6.92 Å². The Bertz CT molecular complexity index is 500. The summed E-state index contributed by atoms with van der Waals surface area (Å²) in [5.41, 5.74) is 6.58. The summed E-state index contributed by atoms with van der Waals surface area (Å²) >= 11 is 0. The van der Waals surface area contributed by atoms with Crippen LogP contribution in [0.15, 0.2) is 24.3 Å². The van der Waals surface area contributed by atoms with Gasteiger partial charge in [-0.1, -0.05) is 39.8 Å². The Labute approximate surface area is 134 Å². The average Bonchev–Trinajstić information content (AvgIpc) is 2.46. The molecule has 0 aliphatic rings. The zero-order chi connectivity index (χ0) is 16.9. The summed E-state index contributed by atoms with van der Waals surface area (Å²) in [5, 5.41) is 3.01. The first-order valence-electron chi connectivity index (χ1n) is 7.98. The Morgan fingerprint density at radius 2 is 1.91 bits per heavy atom. The Balaban J connectivity index is 2.74. The number of ether oxygens (including phenoxy) is 1. The van der Waals surface area contributed by atoms with Gasteiger partial charge in [0.15, 0.2) is 6.10 Å². The van der Waals surface area contributed by atoms with Gasteiger partial charge in [0, 0.05) is 6.54 Å². The van der Waals surface area contributed by atoms with Crippen molar-refractivity contribution >= 4 is 5.91 Å². The fourth-order valence-electron chi connectivity index (χ4n) is 2.02. The van der Waals surface area contributed by atoms with Gasteiger partial charge in [0.2, 0.25) is 0 Å². The number of nitrogens with two attached hydrogens (primary N) is 1. The minimum atomic E-state index is -0.563. The van der Waals surface area contributed by atoms with E-state index in [2.05, 4.69) is 25.2 Å². The maximum Gasteiger partial charge on any atom is 0.261 e. The monoisotopic (exact) mass is 306 g/mol. The number of nitrogens with one attached hydrogen (secondary N) is 1. The maximum atomic E-state index is 12.4. The quantitative estimate of drug-likeness (QED) is 0.813. The molecule has 22 heavy (non-hydrogen) atoms. The fourth-order valence-corrected chi connectivity index (χ4v) is 2.02. The van der Waals surface area contributed by atoms with Crippen molar-refractivity contribution in [1.82, 2.24) is 5.32 Å². The summed E-state index contributed by atoms with van der Waals surface area (Å²) in [7, 11) is 0. The lowest BCUT2D eigenvalue weighted by Crippen LogP contribution is -2.57. The van der Waals surface area contributed by atoms with Crippen molar-refractivity contribution in [3.05, 3.63) is 29.8 Å². The van der Waals surface area contributed by atoms with Crippen molar-refractivity contribution in [2.75, 3.05) is 6.54 Å². The van der Waals surface area contributed by atoms with Crippen LogP contribution >= 0.6 is 0 Å². The molecule has 4 nitrogen and oxygen atoms in total. The molecular weight excluding hydrogens is 276 g/mol. The lowest BCUT2D eigenvalue weighted by molar-refractivity contribution is -0.129. The summed E-state index contributed by atoms with van der Waals surface area (Å²) in [6.07, 6.45) is -0.563. The third kappa shape index (κ3) is 4.73. The largest absolute Gasteiger partial charge is 0.481 e. The molecule has 1 amide bonds. The molecule has 1 rings (SSSR count). The molecule has 0 saturated carbocycles. The van der Waals surface area contributed by atoms with Crippen molar-refractivity contribution in [3.8, 4) is 5.75 Å². The number of hydrogen-bond donors (Lipinski definition) is 2. The van der Waals surface area contributed by atoms with Crippen molar-refractivity contribution in [1.29, 1.82) is 0 Å². The molecule has 124 valence electrons. The lowest BCUT2D eigenvalue weighted by atomic mass is 9.88. The molecule has 1 aromatic carbocycles. The van der Waals surface area contributed by atoms with E-state index in [9.17, 15) is 4.79 Å². The van der Waals surface area contributed by atoms with E-state index in [-0.39, 0.29) is 11.8 Å². The summed E-state index contributed by atoms with van der Waals surface area (Å²) in [6.45, 7) is 12.5.